The van der Waals surface area contributed by atoms with Crippen molar-refractivity contribution in [2.45, 2.75) is 26.3 Å². The highest BCUT2D eigenvalue weighted by Crippen LogP contribution is 2.55. The summed E-state index contributed by atoms with van der Waals surface area (Å²) in [5.41, 5.74) is -13.3. The van der Waals surface area contributed by atoms with E-state index in [1.165, 1.54) is 6.92 Å². The van der Waals surface area contributed by atoms with Crippen molar-refractivity contribution in [2.24, 2.45) is 16.7 Å². The van der Waals surface area contributed by atoms with Crippen molar-refractivity contribution in [2.75, 3.05) is 6.61 Å². The first kappa shape index (κ1) is 24.2. The van der Waals surface area contributed by atoms with Crippen LogP contribution in [0.25, 0.3) is 0 Å². The van der Waals surface area contributed by atoms with Crippen molar-refractivity contribution < 1.29 is 68.8 Å². The lowest BCUT2D eigenvalue weighted by molar-refractivity contribution is -0.538. The number of esters is 1. The van der Waals surface area contributed by atoms with E-state index in [1.54, 1.807) is 0 Å². The molecule has 0 radical (unpaired) electrons. The van der Waals surface area contributed by atoms with Gasteiger partial charge in [0.1, 0.15) is 5.57 Å². The second-order valence-corrected chi connectivity index (χ2v) is 7.37. The average Bonchev–Trinajstić information content (AvgIpc) is 2.88. The van der Waals surface area contributed by atoms with Gasteiger partial charge in [-0.1, -0.05) is 0 Å². The van der Waals surface area contributed by atoms with Crippen molar-refractivity contribution in [3.8, 4) is 0 Å². The second kappa shape index (κ2) is 7.25. The number of carboxylic acids is 5. The lowest BCUT2D eigenvalue weighted by Crippen LogP contribution is -2.90. The molecule has 14 nitrogen and oxygen atoms in total. The number of ether oxygens (including phenoxy) is 1. The van der Waals surface area contributed by atoms with Crippen LogP contribution < -0.4 is 4.99 Å². The largest absolute Gasteiger partial charge is 0.481 e. The van der Waals surface area contributed by atoms with Crippen LogP contribution in [0.3, 0.4) is 0 Å². The zero-order chi connectivity index (χ0) is 25.0. The average molecular weight is 456 g/mol. The van der Waals surface area contributed by atoms with Gasteiger partial charge in [0.05, 0.1) is 12.2 Å². The Bertz CT molecular complexity index is 1070. The number of carbonyl (C=O) groups is 7. The molecule has 4 unspecified atom stereocenters. The van der Waals surface area contributed by atoms with Crippen molar-refractivity contribution in [3.05, 3.63) is 11.1 Å². The fourth-order valence-corrected chi connectivity index (χ4v) is 4.29. The molecular weight excluding hydrogens is 438 g/mol. The Morgan fingerprint density at radius 1 is 0.938 bits per heavy atom. The van der Waals surface area contributed by atoms with E-state index < -0.39 is 80.7 Å². The number of ketones is 1. The minimum Gasteiger partial charge on any atom is -0.481 e. The molecule has 0 amide bonds. The highest BCUT2D eigenvalue weighted by atomic mass is 16.5. The van der Waals surface area contributed by atoms with Crippen LogP contribution in [0, 0.1) is 16.7 Å². The lowest BCUT2D eigenvalue weighted by atomic mass is 9.50. The van der Waals surface area contributed by atoms with Crippen LogP contribution in [-0.2, 0) is 38.3 Å². The highest BCUT2D eigenvalue weighted by Gasteiger charge is 2.87. The maximum Gasteiger partial charge on any atom is 0.377 e. The van der Waals surface area contributed by atoms with Crippen molar-refractivity contribution in [1.82, 2.24) is 0 Å². The van der Waals surface area contributed by atoms with Gasteiger partial charge in [-0.2, -0.15) is 0 Å². The number of fused-ring (bicyclic) bond motifs is 1. The van der Waals surface area contributed by atoms with Crippen LogP contribution in [0.2, 0.25) is 0 Å². The number of carboxylic acid groups (broad SMARTS) is 5. The fraction of sp³-hybridized carbons (Fsp3) is 0.444. The summed E-state index contributed by atoms with van der Waals surface area (Å²) in [5, 5.41) is 49.0. The fourth-order valence-electron chi connectivity index (χ4n) is 4.29. The molecule has 4 atom stereocenters. The third-order valence-electron chi connectivity index (χ3n) is 6.07. The molecule has 0 aromatic rings. The molecule has 2 rings (SSSR count). The molecule has 1 heterocycles. The Hall–Kier alpha value is -4.10. The zero-order valence-electron chi connectivity index (χ0n) is 16.8. The first-order valence-electron chi connectivity index (χ1n) is 8.86. The molecule has 0 fully saturated rings. The molecule has 1 aliphatic carbocycles. The van der Waals surface area contributed by atoms with Crippen LogP contribution >= 0.6 is 0 Å². The minimum absolute atomic E-state index is 0.387. The summed E-state index contributed by atoms with van der Waals surface area (Å²) in [4.78, 5) is 88.7. The summed E-state index contributed by atoms with van der Waals surface area (Å²) in [6.07, 6.45) is 0. The molecular formula is C18H18NO13+. The SMILES string of the molecule is CCOC(=O)C1=C(C(=O)O)C2=[NH+]C(C)(C(=O)O)C(C)(C(=O)O)C2(C(=O)O)C(=O)C1C(=O)O. The molecule has 0 aromatic heterocycles. The Kier molecular flexibility index (Phi) is 5.47. The molecule has 32 heavy (non-hydrogen) atoms. The summed E-state index contributed by atoms with van der Waals surface area (Å²) in [6, 6.07) is 0. The minimum atomic E-state index is -3.52. The number of hydrogen-bond donors (Lipinski definition) is 6. The van der Waals surface area contributed by atoms with Crippen molar-refractivity contribution in [3.63, 3.8) is 0 Å². The zero-order valence-corrected chi connectivity index (χ0v) is 16.8. The predicted molar refractivity (Wildman–Crippen MR) is 95.2 cm³/mol. The van der Waals surface area contributed by atoms with Gasteiger partial charge in [0.2, 0.25) is 11.1 Å². The van der Waals surface area contributed by atoms with Gasteiger partial charge in [-0.05, 0) is 13.8 Å². The van der Waals surface area contributed by atoms with E-state index in [-0.39, 0.29) is 6.61 Å². The van der Waals surface area contributed by atoms with E-state index in [9.17, 15) is 59.1 Å². The molecule has 2 aliphatic rings. The van der Waals surface area contributed by atoms with Gasteiger partial charge in [0.15, 0.2) is 17.1 Å². The topological polar surface area (TPSA) is 244 Å². The third-order valence-corrected chi connectivity index (χ3v) is 6.07. The van der Waals surface area contributed by atoms with Crippen molar-refractivity contribution in [1.29, 1.82) is 0 Å². The van der Waals surface area contributed by atoms with Crippen LogP contribution in [-0.4, -0.2) is 85.0 Å². The number of Topliss-reactive ketones (excluding diaryl/α,β-unsaturated/α-hetero) is 1. The van der Waals surface area contributed by atoms with Gasteiger partial charge in [-0.25, -0.2) is 19.4 Å². The monoisotopic (exact) mass is 456 g/mol. The summed E-state index contributed by atoms with van der Waals surface area (Å²) in [7, 11) is 0. The summed E-state index contributed by atoms with van der Waals surface area (Å²) < 4.78 is 4.63. The van der Waals surface area contributed by atoms with E-state index in [0.29, 0.717) is 13.8 Å². The van der Waals surface area contributed by atoms with Crippen LogP contribution in [0.5, 0.6) is 0 Å². The Balaban J connectivity index is 3.26. The Morgan fingerprint density at radius 3 is 1.81 bits per heavy atom. The second-order valence-electron chi connectivity index (χ2n) is 7.37. The van der Waals surface area contributed by atoms with E-state index in [0.717, 1.165) is 0 Å². The van der Waals surface area contributed by atoms with E-state index in [4.69, 9.17) is 0 Å². The maximum absolute atomic E-state index is 13.4. The summed E-state index contributed by atoms with van der Waals surface area (Å²) >= 11 is 0. The van der Waals surface area contributed by atoms with Crippen LogP contribution in [0.15, 0.2) is 11.1 Å². The lowest BCUT2D eigenvalue weighted by Gasteiger charge is -2.40. The van der Waals surface area contributed by atoms with Gasteiger partial charge in [0, 0.05) is 6.92 Å². The van der Waals surface area contributed by atoms with Crippen molar-refractivity contribution >= 4 is 47.3 Å². The smallest absolute Gasteiger partial charge is 0.377 e. The molecule has 1 aliphatic heterocycles. The first-order valence-corrected chi connectivity index (χ1v) is 8.86. The Morgan fingerprint density at radius 2 is 1.47 bits per heavy atom. The molecule has 0 saturated carbocycles. The predicted octanol–water partition coefficient (Wildman–Crippen LogP) is -3.25. The Labute approximate surface area is 177 Å². The normalized spacial score (nSPS) is 31.4. The summed E-state index contributed by atoms with van der Waals surface area (Å²) in [6.45, 7) is 2.17. The highest BCUT2D eigenvalue weighted by molar-refractivity contribution is 6.43. The molecule has 0 aromatic carbocycles. The van der Waals surface area contributed by atoms with Gasteiger partial charge in [-0.3, -0.25) is 19.2 Å². The van der Waals surface area contributed by atoms with Gasteiger partial charge in [0.25, 0.3) is 5.54 Å². The quantitative estimate of drug-likeness (QED) is 0.163. The molecule has 0 bridgehead atoms. The van der Waals surface area contributed by atoms with Crippen LogP contribution in [0.1, 0.15) is 20.8 Å². The van der Waals surface area contributed by atoms with Gasteiger partial charge in [-0.15, -0.1) is 0 Å². The number of hydrogen-bond acceptors (Lipinski definition) is 8. The molecule has 14 heteroatoms. The maximum atomic E-state index is 13.4. The molecule has 0 spiro atoms. The standard InChI is InChI=1S/C18H17NO13/c1-4-32-12(25)5-6(10(21)22)8-18(15(30)31,9(20)7(5)11(23)24)16(2,13(26)27)17(3,19-8)14(28)29/h7H,4H2,1-3H3,(H,21,22)(H,23,24)(H,26,27)(H,28,29)(H,30,31)/p+1. The number of nitrogens with one attached hydrogen (secondary N) is 1. The number of carbonyl (C=O) groups excluding carboxylic acids is 2. The number of aliphatic carboxylic acids is 5. The van der Waals surface area contributed by atoms with Gasteiger partial charge >= 0.3 is 35.8 Å². The van der Waals surface area contributed by atoms with E-state index in [2.05, 4.69) is 4.74 Å². The van der Waals surface area contributed by atoms with E-state index in [1.807, 2.05) is 4.99 Å². The molecule has 0 saturated heterocycles. The summed E-state index contributed by atoms with van der Waals surface area (Å²) in [5.74, 6) is -17.0. The van der Waals surface area contributed by atoms with Gasteiger partial charge < -0.3 is 30.3 Å². The van der Waals surface area contributed by atoms with Crippen LogP contribution in [0.4, 0.5) is 0 Å². The molecule has 6 N–H and O–H groups in total. The van der Waals surface area contributed by atoms with E-state index >= 15 is 0 Å². The first-order chi connectivity index (χ1) is 14.6. The molecule has 172 valence electrons. The number of rotatable bonds is 7. The third kappa shape index (κ3) is 2.52.